The summed E-state index contributed by atoms with van der Waals surface area (Å²) in [6, 6.07) is 2.41. The van der Waals surface area contributed by atoms with Crippen molar-refractivity contribution in [3.8, 4) is 11.4 Å². The molecule has 0 bridgehead atoms. The lowest BCUT2D eigenvalue weighted by atomic mass is 10.2. The zero-order valence-electron chi connectivity index (χ0n) is 14.0. The van der Waals surface area contributed by atoms with Crippen molar-refractivity contribution in [1.82, 2.24) is 14.8 Å². The number of hydrogen-bond donors (Lipinski definition) is 0. The number of hydrogen-bond acceptors (Lipinski definition) is 6. The van der Waals surface area contributed by atoms with Crippen molar-refractivity contribution >= 4 is 29.1 Å². The van der Waals surface area contributed by atoms with Gasteiger partial charge in [-0.1, -0.05) is 25.1 Å². The van der Waals surface area contributed by atoms with E-state index < -0.39 is 0 Å². The van der Waals surface area contributed by atoms with Gasteiger partial charge in [-0.25, -0.2) is 0 Å². The van der Waals surface area contributed by atoms with Gasteiger partial charge < -0.3 is 4.74 Å². The van der Waals surface area contributed by atoms with Crippen LogP contribution in [0, 0.1) is 0 Å². The molecule has 0 saturated carbocycles. The van der Waals surface area contributed by atoms with Gasteiger partial charge in [-0.15, -0.1) is 21.5 Å². The fourth-order valence-corrected chi connectivity index (χ4v) is 4.07. The van der Waals surface area contributed by atoms with Gasteiger partial charge in [0, 0.05) is 21.9 Å². The van der Waals surface area contributed by atoms with Gasteiger partial charge in [-0.3, -0.25) is 9.36 Å². The Morgan fingerprint density at radius 3 is 2.83 bits per heavy atom. The van der Waals surface area contributed by atoms with E-state index in [4.69, 9.17) is 4.74 Å². The van der Waals surface area contributed by atoms with Gasteiger partial charge in [0.2, 0.25) is 0 Å². The Morgan fingerprint density at radius 1 is 1.39 bits per heavy atom. The van der Waals surface area contributed by atoms with E-state index in [1.807, 2.05) is 6.92 Å². The number of aromatic nitrogens is 3. The first kappa shape index (κ1) is 18.0. The van der Waals surface area contributed by atoms with E-state index in [0.717, 1.165) is 29.4 Å². The molecule has 23 heavy (non-hydrogen) atoms. The summed E-state index contributed by atoms with van der Waals surface area (Å²) in [6.07, 6.45) is 2.22. The Morgan fingerprint density at radius 2 is 2.17 bits per heavy atom. The van der Waals surface area contributed by atoms with E-state index in [1.54, 1.807) is 11.3 Å². The molecular weight excluding hydrogens is 330 g/mol. The lowest BCUT2D eigenvalue weighted by Gasteiger charge is -2.12. The number of nitrogens with zero attached hydrogens (tertiary/aromatic N) is 3. The summed E-state index contributed by atoms with van der Waals surface area (Å²) in [6.45, 7) is 8.58. The summed E-state index contributed by atoms with van der Waals surface area (Å²) in [5.41, 5.74) is 1.10. The zero-order valence-corrected chi connectivity index (χ0v) is 15.7. The molecule has 2 rings (SSSR count). The van der Waals surface area contributed by atoms with Crippen molar-refractivity contribution in [2.45, 2.75) is 51.7 Å². The molecule has 0 saturated heterocycles. The van der Waals surface area contributed by atoms with Crippen LogP contribution in [0.25, 0.3) is 11.4 Å². The van der Waals surface area contributed by atoms with Crippen LogP contribution in [0.1, 0.15) is 45.0 Å². The molecule has 0 fully saturated rings. The van der Waals surface area contributed by atoms with Crippen molar-refractivity contribution < 1.29 is 9.53 Å². The monoisotopic (exact) mass is 353 g/mol. The third-order valence-corrected chi connectivity index (χ3v) is 5.13. The Balaban J connectivity index is 2.21. The minimum Gasteiger partial charge on any atom is -0.465 e. The van der Waals surface area contributed by atoms with Gasteiger partial charge in [0.05, 0.1) is 12.4 Å². The minimum atomic E-state index is -0.224. The first-order chi connectivity index (χ1) is 11.1. The van der Waals surface area contributed by atoms with Crippen molar-refractivity contribution in [3.63, 3.8) is 0 Å². The Labute approximate surface area is 145 Å². The molecular formula is C16H23N3O2S2. The van der Waals surface area contributed by atoms with Crippen molar-refractivity contribution in [2.75, 3.05) is 12.4 Å². The van der Waals surface area contributed by atoms with Crippen molar-refractivity contribution in [3.05, 3.63) is 16.3 Å². The molecule has 0 aromatic carbocycles. The van der Waals surface area contributed by atoms with E-state index in [2.05, 4.69) is 47.0 Å². The molecule has 0 spiro atoms. The Hall–Kier alpha value is -1.34. The standard InChI is InChI=1S/C16H23N3O2S2/c1-5-7-13-8-12(9-22-13)15-17-18-16(19(15)11(3)4)23-10-14(20)21-6-2/h8-9,11H,5-7,10H2,1-4H3. The van der Waals surface area contributed by atoms with Crippen LogP contribution in [0.2, 0.25) is 0 Å². The molecule has 0 N–H and O–H groups in total. The Bertz CT molecular complexity index is 650. The number of thiophene rings is 1. The summed E-state index contributed by atoms with van der Waals surface area (Å²) in [5, 5.41) is 11.5. The van der Waals surface area contributed by atoms with Crippen LogP contribution < -0.4 is 0 Å². The maximum Gasteiger partial charge on any atom is 0.316 e. The lowest BCUT2D eigenvalue weighted by Crippen LogP contribution is -2.09. The number of esters is 1. The van der Waals surface area contributed by atoms with E-state index in [1.165, 1.54) is 16.6 Å². The second-order valence-electron chi connectivity index (χ2n) is 5.42. The van der Waals surface area contributed by atoms with Gasteiger partial charge in [-0.05, 0) is 33.3 Å². The van der Waals surface area contributed by atoms with Gasteiger partial charge in [0.25, 0.3) is 0 Å². The maximum atomic E-state index is 11.6. The normalized spacial score (nSPS) is 11.2. The second kappa shape index (κ2) is 8.49. The number of aryl methyl sites for hydroxylation is 1. The molecule has 0 atom stereocenters. The minimum absolute atomic E-state index is 0.222. The number of carbonyl (C=O) groups is 1. The van der Waals surface area contributed by atoms with Crippen LogP contribution in [0.3, 0.4) is 0 Å². The van der Waals surface area contributed by atoms with E-state index in [-0.39, 0.29) is 17.8 Å². The summed E-state index contributed by atoms with van der Waals surface area (Å²) in [7, 11) is 0. The topological polar surface area (TPSA) is 57.0 Å². The van der Waals surface area contributed by atoms with Gasteiger partial charge in [-0.2, -0.15) is 0 Å². The quantitative estimate of drug-likeness (QED) is 0.526. The highest BCUT2D eigenvalue weighted by Gasteiger charge is 2.19. The molecule has 0 amide bonds. The highest BCUT2D eigenvalue weighted by atomic mass is 32.2. The van der Waals surface area contributed by atoms with Crippen molar-refractivity contribution in [1.29, 1.82) is 0 Å². The molecule has 0 radical (unpaired) electrons. The number of ether oxygens (including phenoxy) is 1. The third kappa shape index (κ3) is 4.57. The Kier molecular flexibility index (Phi) is 6.65. The van der Waals surface area contributed by atoms with Gasteiger partial charge in [0.1, 0.15) is 0 Å². The summed E-state index contributed by atoms with van der Waals surface area (Å²) in [4.78, 5) is 12.9. The van der Waals surface area contributed by atoms with Crippen LogP contribution in [-0.2, 0) is 16.0 Å². The largest absolute Gasteiger partial charge is 0.465 e. The predicted octanol–water partition coefficient (Wildman–Crippen LogP) is 4.20. The SMILES string of the molecule is CCCc1cc(-c2nnc(SCC(=O)OCC)n2C(C)C)cs1. The average molecular weight is 354 g/mol. The molecule has 2 heterocycles. The fraction of sp³-hybridized carbons (Fsp3) is 0.562. The molecule has 0 aliphatic carbocycles. The fourth-order valence-electron chi connectivity index (χ4n) is 2.24. The zero-order chi connectivity index (χ0) is 16.8. The molecule has 2 aromatic rings. The average Bonchev–Trinajstić information content (AvgIpc) is 3.12. The molecule has 0 aliphatic heterocycles. The van der Waals surface area contributed by atoms with Crippen molar-refractivity contribution in [2.24, 2.45) is 0 Å². The van der Waals surface area contributed by atoms with Crippen LogP contribution in [0.15, 0.2) is 16.6 Å². The van der Waals surface area contributed by atoms with E-state index >= 15 is 0 Å². The molecule has 0 aliphatic rings. The molecule has 2 aromatic heterocycles. The third-order valence-electron chi connectivity index (χ3n) is 3.21. The van der Waals surface area contributed by atoms with E-state index in [9.17, 15) is 4.79 Å². The summed E-state index contributed by atoms with van der Waals surface area (Å²) in [5.74, 6) is 0.895. The number of carbonyl (C=O) groups excluding carboxylic acids is 1. The number of thioether (sulfide) groups is 1. The van der Waals surface area contributed by atoms with Gasteiger partial charge in [0.15, 0.2) is 11.0 Å². The van der Waals surface area contributed by atoms with Crippen LogP contribution in [-0.4, -0.2) is 33.1 Å². The highest BCUT2D eigenvalue weighted by molar-refractivity contribution is 7.99. The van der Waals surface area contributed by atoms with Crippen LogP contribution >= 0.6 is 23.1 Å². The smallest absolute Gasteiger partial charge is 0.316 e. The molecule has 126 valence electrons. The first-order valence-electron chi connectivity index (χ1n) is 7.87. The molecule has 5 nitrogen and oxygen atoms in total. The van der Waals surface area contributed by atoms with Crippen LogP contribution in [0.5, 0.6) is 0 Å². The lowest BCUT2D eigenvalue weighted by molar-refractivity contribution is -0.139. The van der Waals surface area contributed by atoms with Gasteiger partial charge >= 0.3 is 5.97 Å². The highest BCUT2D eigenvalue weighted by Crippen LogP contribution is 2.30. The maximum absolute atomic E-state index is 11.6. The van der Waals surface area contributed by atoms with E-state index in [0.29, 0.717) is 6.61 Å². The molecule has 0 unspecified atom stereocenters. The predicted molar refractivity (Wildman–Crippen MR) is 95.1 cm³/mol. The summed E-state index contributed by atoms with van der Waals surface area (Å²) >= 11 is 3.14. The summed E-state index contributed by atoms with van der Waals surface area (Å²) < 4.78 is 7.06. The molecule has 7 heteroatoms. The first-order valence-corrected chi connectivity index (χ1v) is 9.74. The van der Waals surface area contributed by atoms with Crippen LogP contribution in [0.4, 0.5) is 0 Å². The number of rotatable bonds is 8. The second-order valence-corrected chi connectivity index (χ2v) is 7.35.